The van der Waals surface area contributed by atoms with Crippen LogP contribution in [0.5, 0.6) is 0 Å². The van der Waals surface area contributed by atoms with Gasteiger partial charge >= 0.3 is 0 Å². The number of piperidine rings is 2. The molecule has 0 radical (unpaired) electrons. The van der Waals surface area contributed by atoms with Crippen molar-refractivity contribution < 1.29 is 24.0 Å². The summed E-state index contributed by atoms with van der Waals surface area (Å²) in [7, 11) is 0. The normalized spacial score (nSPS) is 23.8. The number of carbonyl (C=O) groups excluding carboxylic acids is 5. The van der Waals surface area contributed by atoms with Gasteiger partial charge in [0.05, 0.1) is 28.8 Å². The molecule has 15 nitrogen and oxygen atoms in total. The highest BCUT2D eigenvalue weighted by molar-refractivity contribution is 6.23. The first kappa shape index (κ1) is 41.1. The molecule has 4 aliphatic heterocycles. The Balaban J connectivity index is 0.740. The lowest BCUT2D eigenvalue weighted by molar-refractivity contribution is -0.136. The molecule has 4 fully saturated rings. The third-order valence-electron chi connectivity index (χ3n) is 14.4. The number of benzene rings is 2. The molecular weight excluding hydrogens is 785 g/mol. The molecule has 6 heterocycles. The molecule has 1 saturated carbocycles. The molecule has 2 aromatic carbocycles. The van der Waals surface area contributed by atoms with E-state index in [0.717, 1.165) is 86.6 Å². The minimum absolute atomic E-state index is 0.0577. The van der Waals surface area contributed by atoms with Crippen LogP contribution in [0.25, 0.3) is 15.7 Å². The first-order valence-electron chi connectivity index (χ1n) is 21.7. The molecule has 1 unspecified atom stereocenters. The van der Waals surface area contributed by atoms with Gasteiger partial charge in [0.1, 0.15) is 6.04 Å². The number of carbonyl (C=O) groups is 5. The van der Waals surface area contributed by atoms with Crippen LogP contribution in [-0.4, -0.2) is 112 Å². The van der Waals surface area contributed by atoms with E-state index < -0.39 is 29.7 Å². The number of rotatable bonds is 9. The lowest BCUT2D eigenvalue weighted by Gasteiger charge is -2.64. The monoisotopic (exact) mass is 836 g/mol. The lowest BCUT2D eigenvalue weighted by atomic mass is 9.43. The average molecular weight is 837 g/mol. The van der Waals surface area contributed by atoms with E-state index in [9.17, 15) is 24.0 Å². The number of imide groups is 2. The van der Waals surface area contributed by atoms with E-state index in [1.807, 2.05) is 24.3 Å². The van der Waals surface area contributed by atoms with E-state index in [-0.39, 0.29) is 47.1 Å². The van der Waals surface area contributed by atoms with E-state index >= 15 is 0 Å². The van der Waals surface area contributed by atoms with Gasteiger partial charge in [0.2, 0.25) is 23.5 Å². The maximum Gasteiger partial charge on any atom is 0.262 e. The van der Waals surface area contributed by atoms with Gasteiger partial charge in [0.15, 0.2) is 0 Å². The first-order chi connectivity index (χ1) is 29.7. The van der Waals surface area contributed by atoms with Gasteiger partial charge in [-0.1, -0.05) is 45.9 Å². The molecule has 9 rings (SSSR count). The summed E-state index contributed by atoms with van der Waals surface area (Å²) in [6.07, 6.45) is 8.08. The Morgan fingerprint density at radius 1 is 0.855 bits per heavy atom. The Kier molecular flexibility index (Phi) is 10.5. The van der Waals surface area contributed by atoms with Gasteiger partial charge in [-0.2, -0.15) is 0 Å². The second kappa shape index (κ2) is 15.9. The van der Waals surface area contributed by atoms with Crippen molar-refractivity contribution in [1.82, 2.24) is 35.4 Å². The number of hydrogen-bond acceptors (Lipinski definition) is 11. The molecular formula is C47H52N10O5. The largest absolute Gasteiger partial charge is 0.369 e. The second-order valence-corrected chi connectivity index (χ2v) is 18.7. The molecule has 5 aliphatic rings. The van der Waals surface area contributed by atoms with Crippen molar-refractivity contribution in [3.8, 4) is 0 Å². The summed E-state index contributed by atoms with van der Waals surface area (Å²) in [5, 5.41) is 6.58. The number of nitrogens with one attached hydrogen (secondary N) is 2. The number of piperazine rings is 1. The van der Waals surface area contributed by atoms with Crippen molar-refractivity contribution in [1.29, 1.82) is 0 Å². The molecule has 1 atom stereocenters. The van der Waals surface area contributed by atoms with Crippen LogP contribution < -0.4 is 20.4 Å². The lowest BCUT2D eigenvalue weighted by Crippen LogP contribution is -2.70. The third kappa shape index (κ3) is 7.23. The van der Waals surface area contributed by atoms with Crippen molar-refractivity contribution in [3.63, 3.8) is 0 Å². The fraction of sp³-hybridized carbons (Fsp3) is 0.468. The molecule has 15 heteroatoms. The molecule has 1 aliphatic carbocycles. The van der Waals surface area contributed by atoms with Gasteiger partial charge in [-0.25, -0.2) is 14.8 Å². The third-order valence-corrected chi connectivity index (χ3v) is 14.4. The number of anilines is 2. The van der Waals surface area contributed by atoms with Crippen LogP contribution in [0, 0.1) is 29.2 Å². The van der Waals surface area contributed by atoms with Gasteiger partial charge in [-0.3, -0.25) is 44.1 Å². The van der Waals surface area contributed by atoms with E-state index in [4.69, 9.17) is 6.57 Å². The predicted molar refractivity (Wildman–Crippen MR) is 233 cm³/mol. The van der Waals surface area contributed by atoms with E-state index in [1.165, 1.54) is 5.56 Å². The zero-order chi connectivity index (χ0) is 43.5. The summed E-state index contributed by atoms with van der Waals surface area (Å²) < 4.78 is 0. The highest BCUT2D eigenvalue weighted by Gasteiger charge is 2.61. The molecule has 2 N–H and O–H groups in total. The standard InChI is InChI=1S/C47H52N10O5/c1-46(2)37(23-29-8-11-35(48-5)39-32(29)7-6-16-49-39)47(3,4)44(46)53-40(59)30-25-50-45(51-26-30)56-17-14-28(15-18-56)27-54-19-21-55(22-20-54)31-9-10-33-34(24-31)43(62)57(42(33)61)36-12-13-38(58)52-41(36)60/h6-11,16,24-26,28,36-37,44H,12-15,17-23,27H2,1-4H3,(H,53,59)(H,52,58,60). The quantitative estimate of drug-likeness (QED) is 0.172. The summed E-state index contributed by atoms with van der Waals surface area (Å²) >= 11 is 0. The fourth-order valence-electron chi connectivity index (χ4n) is 11.2. The van der Waals surface area contributed by atoms with Gasteiger partial charge in [-0.15, -0.1) is 0 Å². The highest BCUT2D eigenvalue weighted by Crippen LogP contribution is 2.60. The Labute approximate surface area is 361 Å². The Bertz CT molecular complexity index is 2500. The first-order valence-corrected chi connectivity index (χ1v) is 21.7. The molecule has 4 aromatic rings. The molecule has 0 spiro atoms. The number of hydrogen-bond donors (Lipinski definition) is 2. The van der Waals surface area contributed by atoms with Gasteiger partial charge < -0.3 is 15.1 Å². The molecule has 3 saturated heterocycles. The Morgan fingerprint density at radius 3 is 2.26 bits per heavy atom. The van der Waals surface area contributed by atoms with Crippen LogP contribution >= 0.6 is 0 Å². The van der Waals surface area contributed by atoms with E-state index in [1.54, 1.807) is 30.7 Å². The second-order valence-electron chi connectivity index (χ2n) is 18.7. The van der Waals surface area contributed by atoms with E-state index in [0.29, 0.717) is 28.7 Å². The number of pyridine rings is 1. The SMILES string of the molecule is [C-]#[N+]c1ccc(CC2C(C)(C)C(NC(=O)c3cnc(N4CCC(CN5CCN(c6ccc7c(c6)C(=O)N(C6CCC(=O)NC6=O)C7=O)CC5)CC4)nc3)C2(C)C)c2cccnc12. The minimum atomic E-state index is -0.979. The van der Waals surface area contributed by atoms with Crippen LogP contribution in [-0.2, 0) is 16.0 Å². The highest BCUT2D eigenvalue weighted by atomic mass is 16.2. The van der Waals surface area contributed by atoms with Crippen molar-refractivity contribution in [2.24, 2.45) is 22.7 Å². The molecule has 320 valence electrons. The van der Waals surface area contributed by atoms with Crippen molar-refractivity contribution in [2.75, 3.05) is 55.6 Å². The number of fused-ring (bicyclic) bond motifs is 2. The fourth-order valence-corrected chi connectivity index (χ4v) is 11.2. The Hall–Kier alpha value is -6.27. The summed E-state index contributed by atoms with van der Waals surface area (Å²) in [5.74, 6) is -0.702. The van der Waals surface area contributed by atoms with Crippen molar-refractivity contribution in [3.05, 3.63) is 94.7 Å². The maximum absolute atomic E-state index is 13.6. The molecule has 62 heavy (non-hydrogen) atoms. The van der Waals surface area contributed by atoms with Gasteiger partial charge in [0, 0.05) is 82.6 Å². The van der Waals surface area contributed by atoms with Crippen LogP contribution in [0.1, 0.15) is 90.0 Å². The number of aromatic nitrogens is 3. The summed E-state index contributed by atoms with van der Waals surface area (Å²) in [4.78, 5) is 89.6. The molecule has 0 bridgehead atoms. The van der Waals surface area contributed by atoms with Crippen molar-refractivity contribution in [2.45, 2.75) is 71.9 Å². The van der Waals surface area contributed by atoms with E-state index in [2.05, 4.69) is 78.9 Å². The van der Waals surface area contributed by atoms with Crippen LogP contribution in [0.2, 0.25) is 0 Å². The smallest absolute Gasteiger partial charge is 0.262 e. The van der Waals surface area contributed by atoms with Crippen LogP contribution in [0.3, 0.4) is 0 Å². The Morgan fingerprint density at radius 2 is 1.56 bits per heavy atom. The topological polar surface area (TPSA) is 165 Å². The summed E-state index contributed by atoms with van der Waals surface area (Å²) in [6, 6.07) is 12.2. The zero-order valence-corrected chi connectivity index (χ0v) is 35.7. The summed E-state index contributed by atoms with van der Waals surface area (Å²) in [6.45, 7) is 22.4. The predicted octanol–water partition coefficient (Wildman–Crippen LogP) is 5.04. The zero-order valence-electron chi connectivity index (χ0n) is 35.7. The van der Waals surface area contributed by atoms with Crippen molar-refractivity contribution >= 4 is 57.8 Å². The average Bonchev–Trinajstić information content (AvgIpc) is 3.52. The number of amides is 5. The van der Waals surface area contributed by atoms with Crippen LogP contribution in [0.4, 0.5) is 17.3 Å². The minimum Gasteiger partial charge on any atom is -0.369 e. The molecule has 5 amide bonds. The maximum atomic E-state index is 13.6. The van der Waals surface area contributed by atoms with Crippen LogP contribution in [0.15, 0.2) is 61.1 Å². The number of nitrogens with zero attached hydrogens (tertiary/aromatic N) is 8. The molecule has 2 aromatic heterocycles. The van der Waals surface area contributed by atoms with Gasteiger partial charge in [-0.05, 0) is 83.6 Å². The summed E-state index contributed by atoms with van der Waals surface area (Å²) in [5.41, 5.74) is 4.01. The van der Waals surface area contributed by atoms with Gasteiger partial charge in [0.25, 0.3) is 17.7 Å².